The molecule has 2 N–H and O–H groups in total. The van der Waals surface area contributed by atoms with E-state index in [0.717, 1.165) is 18.8 Å². The highest BCUT2D eigenvalue weighted by atomic mass is 16.5. The van der Waals surface area contributed by atoms with Crippen LogP contribution in [0.4, 0.5) is 0 Å². The Morgan fingerprint density at radius 1 is 1.44 bits per heavy atom. The molecule has 0 aromatic heterocycles. The van der Waals surface area contributed by atoms with E-state index in [2.05, 4.69) is 6.92 Å². The zero-order valence-electron chi connectivity index (χ0n) is 10.7. The Kier molecular flexibility index (Phi) is 5.26. The average Bonchev–Trinajstić information content (AvgIpc) is 2.28. The van der Waals surface area contributed by atoms with Crippen LogP contribution in [0.3, 0.4) is 0 Å². The summed E-state index contributed by atoms with van der Waals surface area (Å²) >= 11 is 0. The normalized spacial score (nSPS) is 27.8. The Labute approximate surface area is 98.7 Å². The van der Waals surface area contributed by atoms with Gasteiger partial charge in [-0.25, -0.2) is 0 Å². The van der Waals surface area contributed by atoms with Gasteiger partial charge < -0.3 is 10.5 Å². The van der Waals surface area contributed by atoms with Gasteiger partial charge in [-0.3, -0.25) is 4.79 Å². The van der Waals surface area contributed by atoms with Crippen molar-refractivity contribution in [3.05, 3.63) is 0 Å². The van der Waals surface area contributed by atoms with Crippen LogP contribution in [-0.4, -0.2) is 18.1 Å². The lowest BCUT2D eigenvalue weighted by atomic mass is 9.85. The molecule has 0 aliphatic heterocycles. The van der Waals surface area contributed by atoms with E-state index in [1.807, 2.05) is 13.8 Å². The van der Waals surface area contributed by atoms with Crippen molar-refractivity contribution in [2.24, 2.45) is 17.6 Å². The molecule has 1 saturated carbocycles. The van der Waals surface area contributed by atoms with Crippen LogP contribution in [0.1, 0.15) is 52.9 Å². The Bertz CT molecular complexity index is 228. The molecule has 3 nitrogen and oxygen atoms in total. The van der Waals surface area contributed by atoms with E-state index >= 15 is 0 Å². The molecule has 0 aromatic carbocycles. The first-order valence-corrected chi connectivity index (χ1v) is 6.50. The second kappa shape index (κ2) is 6.24. The molecule has 3 atom stereocenters. The molecular formula is C13H25NO2. The number of rotatable bonds is 4. The molecule has 0 saturated heterocycles. The van der Waals surface area contributed by atoms with Crippen molar-refractivity contribution in [3.8, 4) is 0 Å². The fraction of sp³-hybridized carbons (Fsp3) is 0.923. The molecule has 1 aliphatic rings. The second-order valence-electron chi connectivity index (χ2n) is 5.27. The van der Waals surface area contributed by atoms with Gasteiger partial charge in [0.05, 0.1) is 0 Å². The van der Waals surface area contributed by atoms with E-state index < -0.39 is 6.04 Å². The van der Waals surface area contributed by atoms with E-state index in [9.17, 15) is 4.79 Å². The maximum Gasteiger partial charge on any atom is 0.323 e. The van der Waals surface area contributed by atoms with E-state index in [1.165, 1.54) is 19.3 Å². The molecular weight excluding hydrogens is 202 g/mol. The first-order chi connectivity index (χ1) is 7.54. The molecule has 3 heteroatoms. The minimum atomic E-state index is -0.470. The maximum absolute atomic E-state index is 11.7. The van der Waals surface area contributed by atoms with Gasteiger partial charge in [0.2, 0.25) is 0 Å². The highest BCUT2D eigenvalue weighted by Crippen LogP contribution is 2.28. The van der Waals surface area contributed by atoms with Crippen molar-refractivity contribution in [1.82, 2.24) is 0 Å². The largest absolute Gasteiger partial charge is 0.461 e. The van der Waals surface area contributed by atoms with Crippen LogP contribution in [0.25, 0.3) is 0 Å². The van der Waals surface area contributed by atoms with Crippen molar-refractivity contribution in [2.45, 2.75) is 65.0 Å². The first kappa shape index (κ1) is 13.5. The minimum absolute atomic E-state index is 0.107. The summed E-state index contributed by atoms with van der Waals surface area (Å²) in [6.45, 7) is 6.10. The van der Waals surface area contributed by atoms with Crippen molar-refractivity contribution < 1.29 is 9.53 Å². The van der Waals surface area contributed by atoms with Gasteiger partial charge in [-0.15, -0.1) is 0 Å². The highest BCUT2D eigenvalue weighted by molar-refractivity contribution is 5.75. The highest BCUT2D eigenvalue weighted by Gasteiger charge is 2.26. The molecule has 1 aliphatic carbocycles. The van der Waals surface area contributed by atoms with Crippen molar-refractivity contribution >= 4 is 5.97 Å². The van der Waals surface area contributed by atoms with Gasteiger partial charge in [0.1, 0.15) is 12.1 Å². The molecule has 0 amide bonds. The third-order valence-electron chi connectivity index (χ3n) is 3.59. The van der Waals surface area contributed by atoms with Crippen LogP contribution in [0.2, 0.25) is 0 Å². The summed E-state index contributed by atoms with van der Waals surface area (Å²) in [6, 6.07) is -0.470. The monoisotopic (exact) mass is 227 g/mol. The lowest BCUT2D eigenvalue weighted by Crippen LogP contribution is -2.39. The molecule has 1 rings (SSSR count). The van der Waals surface area contributed by atoms with E-state index in [0.29, 0.717) is 0 Å². The molecule has 0 spiro atoms. The van der Waals surface area contributed by atoms with Crippen molar-refractivity contribution in [2.75, 3.05) is 0 Å². The third kappa shape index (κ3) is 3.78. The number of hydrogen-bond donors (Lipinski definition) is 1. The summed E-state index contributed by atoms with van der Waals surface area (Å²) in [5, 5.41) is 0. The summed E-state index contributed by atoms with van der Waals surface area (Å²) in [5.41, 5.74) is 5.77. The number of hydrogen-bond acceptors (Lipinski definition) is 3. The van der Waals surface area contributed by atoms with Gasteiger partial charge in [-0.1, -0.05) is 33.6 Å². The quantitative estimate of drug-likeness (QED) is 0.751. The molecule has 1 fully saturated rings. The minimum Gasteiger partial charge on any atom is -0.461 e. The maximum atomic E-state index is 11.7. The SMILES string of the molecule is CCC1CCCC(OC(=O)[C@@H](N)C(C)C)C1. The van der Waals surface area contributed by atoms with Crippen LogP contribution in [0.15, 0.2) is 0 Å². The van der Waals surface area contributed by atoms with Gasteiger partial charge in [0.15, 0.2) is 0 Å². The lowest BCUT2D eigenvalue weighted by molar-refractivity contribution is -0.154. The number of ether oxygens (including phenoxy) is 1. The van der Waals surface area contributed by atoms with E-state index in [1.54, 1.807) is 0 Å². The fourth-order valence-corrected chi connectivity index (χ4v) is 2.23. The van der Waals surface area contributed by atoms with Gasteiger partial charge in [0, 0.05) is 0 Å². The summed E-state index contributed by atoms with van der Waals surface area (Å²) in [6.07, 6.45) is 5.77. The number of esters is 1. The predicted molar refractivity (Wildman–Crippen MR) is 64.9 cm³/mol. The number of carbonyl (C=O) groups excluding carboxylic acids is 1. The average molecular weight is 227 g/mol. The summed E-state index contributed by atoms with van der Waals surface area (Å²) in [5.74, 6) is 0.650. The van der Waals surface area contributed by atoms with Crippen LogP contribution in [-0.2, 0) is 9.53 Å². The fourth-order valence-electron chi connectivity index (χ4n) is 2.23. The molecule has 0 heterocycles. The van der Waals surface area contributed by atoms with Crippen molar-refractivity contribution in [3.63, 3.8) is 0 Å². The van der Waals surface area contributed by atoms with Crippen LogP contribution < -0.4 is 5.73 Å². The standard InChI is InChI=1S/C13H25NO2/c1-4-10-6-5-7-11(8-10)16-13(15)12(14)9(2)3/h9-12H,4-8,14H2,1-3H3/t10?,11?,12-/m0/s1. The molecule has 16 heavy (non-hydrogen) atoms. The topological polar surface area (TPSA) is 52.3 Å². The lowest BCUT2D eigenvalue weighted by Gasteiger charge is -2.29. The Morgan fingerprint density at radius 3 is 2.69 bits per heavy atom. The number of nitrogens with two attached hydrogens (primary N) is 1. The molecule has 94 valence electrons. The van der Waals surface area contributed by atoms with Crippen LogP contribution in [0, 0.1) is 11.8 Å². The molecule has 0 aromatic rings. The predicted octanol–water partition coefficient (Wildman–Crippen LogP) is 2.48. The van der Waals surface area contributed by atoms with E-state index in [-0.39, 0.29) is 18.0 Å². The zero-order chi connectivity index (χ0) is 12.1. The molecule has 0 radical (unpaired) electrons. The van der Waals surface area contributed by atoms with Crippen LogP contribution in [0.5, 0.6) is 0 Å². The molecule has 0 bridgehead atoms. The van der Waals surface area contributed by atoms with E-state index in [4.69, 9.17) is 10.5 Å². The molecule has 2 unspecified atom stereocenters. The second-order valence-corrected chi connectivity index (χ2v) is 5.27. The summed E-state index contributed by atoms with van der Waals surface area (Å²) in [4.78, 5) is 11.7. The summed E-state index contributed by atoms with van der Waals surface area (Å²) in [7, 11) is 0. The van der Waals surface area contributed by atoms with Gasteiger partial charge in [-0.05, 0) is 31.1 Å². The van der Waals surface area contributed by atoms with Crippen LogP contribution >= 0.6 is 0 Å². The third-order valence-corrected chi connectivity index (χ3v) is 3.59. The van der Waals surface area contributed by atoms with Crippen molar-refractivity contribution in [1.29, 1.82) is 0 Å². The Morgan fingerprint density at radius 2 is 2.12 bits per heavy atom. The zero-order valence-corrected chi connectivity index (χ0v) is 10.7. The first-order valence-electron chi connectivity index (χ1n) is 6.50. The van der Waals surface area contributed by atoms with Gasteiger partial charge >= 0.3 is 5.97 Å². The Balaban J connectivity index is 2.38. The van der Waals surface area contributed by atoms with Gasteiger partial charge in [-0.2, -0.15) is 0 Å². The Hall–Kier alpha value is -0.570. The van der Waals surface area contributed by atoms with Gasteiger partial charge in [0.25, 0.3) is 0 Å². The number of carbonyl (C=O) groups is 1. The smallest absolute Gasteiger partial charge is 0.323 e. The summed E-state index contributed by atoms with van der Waals surface area (Å²) < 4.78 is 5.48.